The molecule has 0 saturated carbocycles. The second-order valence-corrected chi connectivity index (χ2v) is 5.34. The maximum Gasteiger partial charge on any atom is 0.307 e. The quantitative estimate of drug-likeness (QED) is 0.646. The van der Waals surface area contributed by atoms with E-state index in [0.29, 0.717) is 12.5 Å². The van der Waals surface area contributed by atoms with Gasteiger partial charge < -0.3 is 15.2 Å². The van der Waals surface area contributed by atoms with E-state index in [1.807, 2.05) is 24.3 Å². The van der Waals surface area contributed by atoms with Gasteiger partial charge in [-0.05, 0) is 30.0 Å². The summed E-state index contributed by atoms with van der Waals surface area (Å²) in [4.78, 5) is 10.8. The smallest absolute Gasteiger partial charge is 0.307 e. The van der Waals surface area contributed by atoms with Gasteiger partial charge in [-0.3, -0.25) is 4.79 Å². The molecule has 1 aromatic rings. The lowest BCUT2D eigenvalue weighted by atomic mass is 10.0. The zero-order valence-corrected chi connectivity index (χ0v) is 12.4. The first-order valence-electron chi connectivity index (χ1n) is 7.16. The minimum absolute atomic E-state index is 0.0787. The molecule has 0 aromatic heterocycles. The highest BCUT2D eigenvalue weighted by atomic mass is 16.5. The van der Waals surface area contributed by atoms with Crippen molar-refractivity contribution in [2.24, 2.45) is 5.92 Å². The second kappa shape index (κ2) is 9.50. The van der Waals surface area contributed by atoms with Gasteiger partial charge in [0.2, 0.25) is 0 Å². The Kier molecular flexibility index (Phi) is 7.92. The third kappa shape index (κ3) is 7.26. The average molecular weight is 279 g/mol. The van der Waals surface area contributed by atoms with Crippen LogP contribution < -0.4 is 5.32 Å². The minimum Gasteiger partial charge on any atom is -0.481 e. The molecule has 0 aliphatic heterocycles. The van der Waals surface area contributed by atoms with E-state index in [9.17, 15) is 4.79 Å². The number of rotatable bonds is 10. The first-order valence-corrected chi connectivity index (χ1v) is 7.16. The van der Waals surface area contributed by atoms with Gasteiger partial charge in [0, 0.05) is 19.8 Å². The molecule has 0 aliphatic rings. The molecule has 0 aliphatic carbocycles. The van der Waals surface area contributed by atoms with Crippen LogP contribution in [0.15, 0.2) is 24.3 Å². The Hall–Kier alpha value is -1.39. The molecule has 2 N–H and O–H groups in total. The van der Waals surface area contributed by atoms with Gasteiger partial charge in [0.05, 0.1) is 6.42 Å². The number of nitrogens with one attached hydrogen (secondary N) is 1. The Morgan fingerprint density at radius 1 is 1.30 bits per heavy atom. The van der Waals surface area contributed by atoms with Gasteiger partial charge in [-0.1, -0.05) is 38.1 Å². The molecule has 0 saturated heterocycles. The molecule has 112 valence electrons. The number of hydrogen-bond donors (Lipinski definition) is 2. The van der Waals surface area contributed by atoms with Crippen molar-refractivity contribution in [2.75, 3.05) is 19.8 Å². The summed E-state index contributed by atoms with van der Waals surface area (Å²) in [5.41, 5.74) is 1.93. The number of ether oxygens (including phenoxy) is 1. The Morgan fingerprint density at radius 2 is 2.00 bits per heavy atom. The summed E-state index contributed by atoms with van der Waals surface area (Å²) in [7, 11) is 0. The average Bonchev–Trinajstić information content (AvgIpc) is 2.38. The third-order valence-electron chi connectivity index (χ3n) is 2.87. The van der Waals surface area contributed by atoms with E-state index in [4.69, 9.17) is 9.84 Å². The fourth-order valence-corrected chi connectivity index (χ4v) is 1.91. The van der Waals surface area contributed by atoms with Crippen LogP contribution in [-0.2, 0) is 22.5 Å². The highest BCUT2D eigenvalue weighted by Crippen LogP contribution is 2.09. The summed E-state index contributed by atoms with van der Waals surface area (Å²) in [6, 6.07) is 7.66. The monoisotopic (exact) mass is 279 g/mol. The Labute approximate surface area is 121 Å². The van der Waals surface area contributed by atoms with Gasteiger partial charge in [0.15, 0.2) is 0 Å². The third-order valence-corrected chi connectivity index (χ3v) is 2.87. The molecule has 4 nitrogen and oxygen atoms in total. The number of aliphatic carboxylic acids is 1. The van der Waals surface area contributed by atoms with E-state index in [-0.39, 0.29) is 6.42 Å². The molecule has 0 unspecified atom stereocenters. The first-order chi connectivity index (χ1) is 9.59. The molecule has 0 spiro atoms. The lowest BCUT2D eigenvalue weighted by Crippen LogP contribution is -2.18. The van der Waals surface area contributed by atoms with Crippen LogP contribution in [0.4, 0.5) is 0 Å². The maximum atomic E-state index is 10.8. The van der Waals surface area contributed by atoms with Crippen molar-refractivity contribution in [3.8, 4) is 0 Å². The normalized spacial score (nSPS) is 10.9. The number of carboxylic acids is 1. The second-order valence-electron chi connectivity index (χ2n) is 5.34. The molecule has 0 radical (unpaired) electrons. The predicted octanol–water partition coefficient (Wildman–Crippen LogP) is 2.47. The van der Waals surface area contributed by atoms with Crippen molar-refractivity contribution in [3.05, 3.63) is 35.4 Å². The summed E-state index contributed by atoms with van der Waals surface area (Å²) in [6.07, 6.45) is 1.04. The number of hydrogen-bond acceptors (Lipinski definition) is 3. The molecule has 4 heteroatoms. The van der Waals surface area contributed by atoms with Crippen molar-refractivity contribution < 1.29 is 14.6 Å². The van der Waals surface area contributed by atoms with Gasteiger partial charge in [0.1, 0.15) is 0 Å². The number of carboxylic acid groups (broad SMARTS) is 1. The Balaban J connectivity index is 2.23. The number of benzene rings is 1. The molecule has 20 heavy (non-hydrogen) atoms. The van der Waals surface area contributed by atoms with Crippen molar-refractivity contribution in [2.45, 2.75) is 33.2 Å². The zero-order chi connectivity index (χ0) is 14.8. The SMILES string of the molecule is CC(C)COCCCNCc1ccccc1CC(=O)O. The van der Waals surface area contributed by atoms with E-state index < -0.39 is 5.97 Å². The largest absolute Gasteiger partial charge is 0.481 e. The summed E-state index contributed by atoms with van der Waals surface area (Å²) in [5, 5.41) is 12.2. The molecule has 1 rings (SSSR count). The van der Waals surface area contributed by atoms with Crippen molar-refractivity contribution in [1.82, 2.24) is 5.32 Å². The molecule has 1 aromatic carbocycles. The lowest BCUT2D eigenvalue weighted by molar-refractivity contribution is -0.136. The maximum absolute atomic E-state index is 10.8. The summed E-state index contributed by atoms with van der Waals surface area (Å²) >= 11 is 0. The van der Waals surface area contributed by atoms with Crippen LogP contribution in [0, 0.1) is 5.92 Å². The van der Waals surface area contributed by atoms with Gasteiger partial charge in [-0.25, -0.2) is 0 Å². The van der Waals surface area contributed by atoms with Crippen LogP contribution in [0.25, 0.3) is 0 Å². The van der Waals surface area contributed by atoms with Crippen LogP contribution in [0.2, 0.25) is 0 Å². The van der Waals surface area contributed by atoms with E-state index in [2.05, 4.69) is 19.2 Å². The standard InChI is InChI=1S/C16H25NO3/c1-13(2)12-20-9-5-8-17-11-15-7-4-3-6-14(15)10-16(18)19/h3-4,6-7,13,17H,5,8-12H2,1-2H3,(H,18,19). The fourth-order valence-electron chi connectivity index (χ4n) is 1.91. The summed E-state index contributed by atoms with van der Waals surface area (Å²) in [6.45, 7) is 7.42. The highest BCUT2D eigenvalue weighted by Gasteiger charge is 2.05. The van der Waals surface area contributed by atoms with E-state index >= 15 is 0 Å². The molecule has 0 bridgehead atoms. The summed E-state index contributed by atoms with van der Waals surface area (Å²) in [5.74, 6) is -0.217. The van der Waals surface area contributed by atoms with Crippen molar-refractivity contribution >= 4 is 5.97 Å². The van der Waals surface area contributed by atoms with Crippen LogP contribution in [-0.4, -0.2) is 30.8 Å². The molecular weight excluding hydrogens is 254 g/mol. The van der Waals surface area contributed by atoms with Crippen LogP contribution in [0.5, 0.6) is 0 Å². The predicted molar refractivity (Wildman–Crippen MR) is 79.8 cm³/mol. The highest BCUT2D eigenvalue weighted by molar-refractivity contribution is 5.70. The summed E-state index contributed by atoms with van der Waals surface area (Å²) < 4.78 is 5.51. The molecular formula is C16H25NO3. The van der Waals surface area contributed by atoms with Crippen LogP contribution in [0.1, 0.15) is 31.4 Å². The number of carbonyl (C=O) groups is 1. The Bertz CT molecular complexity index is 404. The molecule has 0 heterocycles. The zero-order valence-electron chi connectivity index (χ0n) is 12.4. The van der Waals surface area contributed by atoms with E-state index in [0.717, 1.165) is 37.3 Å². The first kappa shape index (κ1) is 16.7. The van der Waals surface area contributed by atoms with Gasteiger partial charge in [0.25, 0.3) is 0 Å². The van der Waals surface area contributed by atoms with E-state index in [1.165, 1.54) is 0 Å². The molecule has 0 amide bonds. The topological polar surface area (TPSA) is 58.6 Å². The molecule has 0 fully saturated rings. The fraction of sp³-hybridized carbons (Fsp3) is 0.562. The Morgan fingerprint density at radius 3 is 2.65 bits per heavy atom. The van der Waals surface area contributed by atoms with Gasteiger partial charge in [-0.15, -0.1) is 0 Å². The van der Waals surface area contributed by atoms with Crippen LogP contribution in [0.3, 0.4) is 0 Å². The molecule has 0 atom stereocenters. The minimum atomic E-state index is -0.792. The van der Waals surface area contributed by atoms with Gasteiger partial charge >= 0.3 is 5.97 Å². The van der Waals surface area contributed by atoms with Crippen LogP contribution >= 0.6 is 0 Å². The van der Waals surface area contributed by atoms with Gasteiger partial charge in [-0.2, -0.15) is 0 Å². The van der Waals surface area contributed by atoms with Crippen molar-refractivity contribution in [1.29, 1.82) is 0 Å². The lowest BCUT2D eigenvalue weighted by Gasteiger charge is -2.10. The van der Waals surface area contributed by atoms with Crippen molar-refractivity contribution in [3.63, 3.8) is 0 Å². The van der Waals surface area contributed by atoms with E-state index in [1.54, 1.807) is 0 Å².